The molecule has 0 spiro atoms. The van der Waals surface area contributed by atoms with Crippen LogP contribution in [0.4, 0.5) is 4.39 Å². The highest BCUT2D eigenvalue weighted by atomic mass is 35.5. The summed E-state index contributed by atoms with van der Waals surface area (Å²) in [6.45, 7) is 1.75. The highest BCUT2D eigenvalue weighted by molar-refractivity contribution is 6.30. The lowest BCUT2D eigenvalue weighted by Gasteiger charge is -2.41. The summed E-state index contributed by atoms with van der Waals surface area (Å²) in [5, 5.41) is 11.9. The van der Waals surface area contributed by atoms with E-state index in [1.54, 1.807) is 19.1 Å². The molecule has 1 atom stereocenters. The normalized spacial score (nSPS) is 24.7. The van der Waals surface area contributed by atoms with Gasteiger partial charge in [-0.05, 0) is 87.5 Å². The number of hydrogen-bond acceptors (Lipinski definition) is 2. The van der Waals surface area contributed by atoms with E-state index in [1.165, 1.54) is 11.6 Å². The van der Waals surface area contributed by atoms with Gasteiger partial charge in [-0.15, -0.1) is 0 Å². The van der Waals surface area contributed by atoms with E-state index in [0.717, 1.165) is 23.4 Å². The minimum absolute atomic E-state index is 0.221. The predicted octanol–water partition coefficient (Wildman–Crippen LogP) is 5.47. The Morgan fingerprint density at radius 3 is 2.27 bits per heavy atom. The van der Waals surface area contributed by atoms with Crippen molar-refractivity contribution in [1.29, 1.82) is 0 Å². The number of benzene rings is 2. The lowest BCUT2D eigenvalue weighted by molar-refractivity contribution is -0.0255. The molecule has 0 radical (unpaired) electrons. The van der Waals surface area contributed by atoms with E-state index >= 15 is 0 Å². The van der Waals surface area contributed by atoms with Gasteiger partial charge in [0.15, 0.2) is 0 Å². The zero-order chi connectivity index (χ0) is 18.9. The number of aliphatic hydroxyl groups is 1. The second kappa shape index (κ2) is 7.67. The number of hydrogen-bond donors (Lipinski definition) is 1. The van der Waals surface area contributed by atoms with Crippen LogP contribution in [-0.4, -0.2) is 24.1 Å². The van der Waals surface area contributed by atoms with Crippen molar-refractivity contribution in [2.75, 3.05) is 14.1 Å². The van der Waals surface area contributed by atoms with E-state index in [4.69, 9.17) is 11.6 Å². The van der Waals surface area contributed by atoms with Crippen molar-refractivity contribution >= 4 is 11.6 Å². The first-order valence-corrected chi connectivity index (χ1v) is 9.59. The molecule has 1 fully saturated rings. The summed E-state index contributed by atoms with van der Waals surface area (Å²) in [5.41, 5.74) is 1.83. The van der Waals surface area contributed by atoms with Gasteiger partial charge < -0.3 is 10.0 Å². The van der Waals surface area contributed by atoms with Gasteiger partial charge in [0.25, 0.3) is 0 Å². The average molecular weight is 376 g/mol. The maximum absolute atomic E-state index is 13.6. The van der Waals surface area contributed by atoms with Crippen molar-refractivity contribution in [2.24, 2.45) is 5.92 Å². The largest absolute Gasteiger partial charge is 0.385 e. The van der Waals surface area contributed by atoms with Crippen molar-refractivity contribution in [1.82, 2.24) is 4.90 Å². The molecular weight excluding hydrogens is 349 g/mol. The lowest BCUT2D eigenvalue weighted by atomic mass is 9.71. The molecule has 2 aromatic carbocycles. The fourth-order valence-electron chi connectivity index (χ4n) is 4.31. The fraction of sp³-hybridized carbons (Fsp3) is 0.455. The molecule has 1 unspecified atom stereocenters. The lowest BCUT2D eigenvalue weighted by Crippen LogP contribution is -2.36. The van der Waals surface area contributed by atoms with Crippen molar-refractivity contribution in [3.8, 4) is 0 Å². The molecule has 140 valence electrons. The molecule has 1 N–H and O–H groups in total. The average Bonchev–Trinajstić information content (AvgIpc) is 2.61. The third kappa shape index (κ3) is 3.95. The van der Waals surface area contributed by atoms with Crippen LogP contribution in [0.3, 0.4) is 0 Å². The molecule has 0 bridgehead atoms. The van der Waals surface area contributed by atoms with Gasteiger partial charge in [-0.2, -0.15) is 0 Å². The Kier molecular flexibility index (Phi) is 5.71. The minimum Gasteiger partial charge on any atom is -0.385 e. The Bertz CT molecular complexity index is 751. The van der Waals surface area contributed by atoms with Gasteiger partial charge in [-0.3, -0.25) is 0 Å². The van der Waals surface area contributed by atoms with E-state index in [9.17, 15) is 9.50 Å². The standard InChI is InChI=1S/C22H27ClFNO/c1-15-14-18(6-9-20(15)24)22(26)12-10-17(11-13-22)21(25(2)3)16-4-7-19(23)8-5-16/h4-9,14,17,21,26H,10-13H2,1-3H3. The zero-order valence-corrected chi connectivity index (χ0v) is 16.4. The third-order valence-electron chi connectivity index (χ3n) is 5.77. The summed E-state index contributed by atoms with van der Waals surface area (Å²) in [6, 6.07) is 13.3. The van der Waals surface area contributed by atoms with Crippen LogP contribution in [0, 0.1) is 18.7 Å². The summed E-state index contributed by atoms with van der Waals surface area (Å²) < 4.78 is 13.6. The van der Waals surface area contributed by atoms with E-state index in [-0.39, 0.29) is 5.82 Å². The third-order valence-corrected chi connectivity index (χ3v) is 6.02. The smallest absolute Gasteiger partial charge is 0.126 e. The van der Waals surface area contributed by atoms with Crippen molar-refractivity contribution in [2.45, 2.75) is 44.2 Å². The maximum Gasteiger partial charge on any atom is 0.126 e. The number of nitrogens with zero attached hydrogens (tertiary/aromatic N) is 1. The van der Waals surface area contributed by atoms with E-state index in [0.29, 0.717) is 30.4 Å². The Balaban J connectivity index is 1.77. The van der Waals surface area contributed by atoms with Gasteiger partial charge in [0.05, 0.1) is 5.60 Å². The maximum atomic E-state index is 13.6. The van der Waals surface area contributed by atoms with Crippen LogP contribution in [0.15, 0.2) is 42.5 Å². The molecule has 1 saturated carbocycles. The molecule has 0 aliphatic heterocycles. The second-order valence-corrected chi connectivity index (χ2v) is 8.23. The monoisotopic (exact) mass is 375 g/mol. The molecule has 0 saturated heterocycles. The molecule has 0 amide bonds. The summed E-state index contributed by atoms with van der Waals surface area (Å²) >= 11 is 6.04. The summed E-state index contributed by atoms with van der Waals surface area (Å²) in [7, 11) is 4.20. The fourth-order valence-corrected chi connectivity index (χ4v) is 4.43. The van der Waals surface area contributed by atoms with Crippen molar-refractivity contribution < 1.29 is 9.50 Å². The number of halogens is 2. The molecule has 1 aliphatic carbocycles. The van der Waals surface area contributed by atoms with Crippen LogP contribution >= 0.6 is 11.6 Å². The van der Waals surface area contributed by atoms with Gasteiger partial charge in [-0.25, -0.2) is 4.39 Å². The molecule has 4 heteroatoms. The highest BCUT2D eigenvalue weighted by Gasteiger charge is 2.38. The molecule has 2 nitrogen and oxygen atoms in total. The van der Waals surface area contributed by atoms with Crippen molar-refractivity contribution in [3.05, 3.63) is 70.0 Å². The Morgan fingerprint density at radius 2 is 1.73 bits per heavy atom. The van der Waals surface area contributed by atoms with Crippen LogP contribution in [0.1, 0.15) is 48.4 Å². The molecule has 2 aromatic rings. The van der Waals surface area contributed by atoms with Gasteiger partial charge >= 0.3 is 0 Å². The quantitative estimate of drug-likeness (QED) is 0.766. The molecular formula is C22H27ClFNO. The second-order valence-electron chi connectivity index (χ2n) is 7.79. The first-order chi connectivity index (χ1) is 12.3. The van der Waals surface area contributed by atoms with Gasteiger partial charge in [0, 0.05) is 11.1 Å². The van der Waals surface area contributed by atoms with Gasteiger partial charge in [0.1, 0.15) is 5.82 Å². The van der Waals surface area contributed by atoms with Crippen LogP contribution in [-0.2, 0) is 5.60 Å². The molecule has 26 heavy (non-hydrogen) atoms. The summed E-state index contributed by atoms with van der Waals surface area (Å²) in [5.74, 6) is 0.245. The SMILES string of the molecule is Cc1cc(C2(O)CCC(C(c3ccc(Cl)cc3)N(C)C)CC2)ccc1F. The van der Waals surface area contributed by atoms with Gasteiger partial charge in [-0.1, -0.05) is 35.9 Å². The summed E-state index contributed by atoms with van der Waals surface area (Å²) in [4.78, 5) is 2.25. The molecule has 3 rings (SSSR count). The Labute approximate surface area is 160 Å². The molecule has 0 heterocycles. The van der Waals surface area contributed by atoms with Crippen LogP contribution in [0.25, 0.3) is 0 Å². The first kappa shape index (κ1) is 19.3. The number of rotatable bonds is 4. The first-order valence-electron chi connectivity index (χ1n) is 9.21. The Hall–Kier alpha value is -1.42. The van der Waals surface area contributed by atoms with Crippen LogP contribution in [0.2, 0.25) is 5.02 Å². The van der Waals surface area contributed by atoms with Crippen LogP contribution < -0.4 is 0 Å². The minimum atomic E-state index is -0.855. The van der Waals surface area contributed by atoms with Crippen molar-refractivity contribution in [3.63, 3.8) is 0 Å². The summed E-state index contributed by atoms with van der Waals surface area (Å²) in [6.07, 6.45) is 3.25. The van der Waals surface area contributed by atoms with Crippen LogP contribution in [0.5, 0.6) is 0 Å². The molecule has 1 aliphatic rings. The van der Waals surface area contributed by atoms with E-state index in [2.05, 4.69) is 31.1 Å². The molecule has 0 aromatic heterocycles. The predicted molar refractivity (Wildman–Crippen MR) is 105 cm³/mol. The highest BCUT2D eigenvalue weighted by Crippen LogP contribution is 2.45. The van der Waals surface area contributed by atoms with E-state index < -0.39 is 5.60 Å². The van der Waals surface area contributed by atoms with Gasteiger partial charge in [0.2, 0.25) is 0 Å². The topological polar surface area (TPSA) is 23.5 Å². The zero-order valence-electron chi connectivity index (χ0n) is 15.7. The Morgan fingerprint density at radius 1 is 1.12 bits per heavy atom. The number of aryl methyl sites for hydroxylation is 1. The van der Waals surface area contributed by atoms with E-state index in [1.807, 2.05) is 12.1 Å².